The number of fused-ring (bicyclic) bond motifs is 1. The molecule has 4 heteroatoms. The number of hydrogen-bond donors (Lipinski definition) is 2. The number of halogens is 1. The van der Waals surface area contributed by atoms with Crippen molar-refractivity contribution >= 4 is 0 Å². The van der Waals surface area contributed by atoms with Gasteiger partial charge in [-0.25, -0.2) is 4.39 Å². The van der Waals surface area contributed by atoms with Crippen molar-refractivity contribution in [3.63, 3.8) is 0 Å². The van der Waals surface area contributed by atoms with Gasteiger partial charge in [0.05, 0.1) is 13.2 Å². The fourth-order valence-corrected chi connectivity index (χ4v) is 1.96. The van der Waals surface area contributed by atoms with Gasteiger partial charge in [-0.05, 0) is 18.1 Å². The van der Waals surface area contributed by atoms with Crippen molar-refractivity contribution in [1.82, 2.24) is 0 Å². The van der Waals surface area contributed by atoms with Crippen LogP contribution < -0.4 is 10.5 Å². The van der Waals surface area contributed by atoms with Crippen molar-refractivity contribution in [2.45, 2.75) is 18.4 Å². The average Bonchev–Trinajstić information content (AvgIpc) is 2.26. The van der Waals surface area contributed by atoms with Gasteiger partial charge in [0, 0.05) is 18.0 Å². The van der Waals surface area contributed by atoms with Gasteiger partial charge in [-0.3, -0.25) is 0 Å². The Balaban J connectivity index is 2.34. The highest BCUT2D eigenvalue weighted by Crippen LogP contribution is 2.35. The fraction of sp³-hybridized carbons (Fsp3) is 0.455. The summed E-state index contributed by atoms with van der Waals surface area (Å²) >= 11 is 0. The molecule has 0 spiro atoms. The lowest BCUT2D eigenvalue weighted by molar-refractivity contribution is 0.208. The van der Waals surface area contributed by atoms with Crippen LogP contribution in [0.5, 0.6) is 5.75 Å². The third-order valence-corrected chi connectivity index (χ3v) is 2.79. The molecular formula is C11H14FNO2. The van der Waals surface area contributed by atoms with Gasteiger partial charge in [0.1, 0.15) is 11.6 Å². The van der Waals surface area contributed by atoms with Crippen molar-refractivity contribution in [2.75, 3.05) is 13.2 Å². The van der Waals surface area contributed by atoms with Crippen LogP contribution in [0.25, 0.3) is 0 Å². The minimum Gasteiger partial charge on any atom is -0.493 e. The van der Waals surface area contributed by atoms with Crippen LogP contribution in [-0.2, 0) is 0 Å². The number of aliphatic hydroxyl groups excluding tert-OH is 1. The average molecular weight is 211 g/mol. The van der Waals surface area contributed by atoms with E-state index in [2.05, 4.69) is 0 Å². The van der Waals surface area contributed by atoms with Gasteiger partial charge in [0.15, 0.2) is 0 Å². The van der Waals surface area contributed by atoms with Crippen LogP contribution in [0.15, 0.2) is 18.2 Å². The quantitative estimate of drug-likeness (QED) is 0.767. The van der Waals surface area contributed by atoms with E-state index in [-0.39, 0.29) is 24.4 Å². The van der Waals surface area contributed by atoms with Crippen molar-refractivity contribution in [3.8, 4) is 5.75 Å². The van der Waals surface area contributed by atoms with Crippen LogP contribution in [-0.4, -0.2) is 24.4 Å². The van der Waals surface area contributed by atoms with E-state index >= 15 is 0 Å². The van der Waals surface area contributed by atoms with Crippen molar-refractivity contribution in [1.29, 1.82) is 0 Å². The molecule has 2 rings (SSSR count). The standard InChI is InChI=1S/C11H14FNO2/c12-7-1-2-9-8(10(13)6-14)3-4-15-11(9)5-7/h1-2,5,8,10,14H,3-4,6,13H2. The van der Waals surface area contributed by atoms with Gasteiger partial charge in [-0.15, -0.1) is 0 Å². The largest absolute Gasteiger partial charge is 0.493 e. The van der Waals surface area contributed by atoms with E-state index in [9.17, 15) is 4.39 Å². The molecule has 1 heterocycles. The number of nitrogens with two attached hydrogens (primary N) is 1. The molecule has 3 nitrogen and oxygen atoms in total. The summed E-state index contributed by atoms with van der Waals surface area (Å²) in [6, 6.07) is 4.14. The van der Waals surface area contributed by atoms with E-state index in [0.29, 0.717) is 12.4 Å². The van der Waals surface area contributed by atoms with Gasteiger partial charge in [-0.1, -0.05) is 6.07 Å². The molecule has 2 unspecified atom stereocenters. The summed E-state index contributed by atoms with van der Waals surface area (Å²) in [5.41, 5.74) is 6.69. The second-order valence-electron chi connectivity index (χ2n) is 3.77. The van der Waals surface area contributed by atoms with E-state index in [1.807, 2.05) is 0 Å². The van der Waals surface area contributed by atoms with Crippen molar-refractivity contribution in [2.24, 2.45) is 5.73 Å². The summed E-state index contributed by atoms with van der Waals surface area (Å²) in [6.45, 7) is 0.455. The summed E-state index contributed by atoms with van der Waals surface area (Å²) in [5.74, 6) is 0.293. The summed E-state index contributed by atoms with van der Waals surface area (Å²) in [4.78, 5) is 0. The van der Waals surface area contributed by atoms with E-state index < -0.39 is 0 Å². The molecule has 82 valence electrons. The first-order chi connectivity index (χ1) is 7.22. The van der Waals surface area contributed by atoms with E-state index in [4.69, 9.17) is 15.6 Å². The van der Waals surface area contributed by atoms with Gasteiger partial charge in [0.25, 0.3) is 0 Å². The molecule has 1 aromatic rings. The molecule has 1 aliphatic heterocycles. The molecule has 0 aliphatic carbocycles. The minimum absolute atomic E-state index is 0.0550. The second kappa shape index (κ2) is 4.16. The third kappa shape index (κ3) is 1.96. The molecule has 2 atom stereocenters. The van der Waals surface area contributed by atoms with Crippen LogP contribution in [0.1, 0.15) is 17.9 Å². The Morgan fingerprint density at radius 3 is 3.13 bits per heavy atom. The molecule has 0 amide bonds. The highest BCUT2D eigenvalue weighted by Gasteiger charge is 2.26. The highest BCUT2D eigenvalue weighted by molar-refractivity contribution is 5.39. The molecule has 3 N–H and O–H groups in total. The molecule has 0 aromatic heterocycles. The Morgan fingerprint density at radius 2 is 2.40 bits per heavy atom. The lowest BCUT2D eigenvalue weighted by atomic mass is 9.87. The van der Waals surface area contributed by atoms with Crippen LogP contribution in [0.3, 0.4) is 0 Å². The molecule has 0 bridgehead atoms. The molecule has 0 saturated carbocycles. The van der Waals surface area contributed by atoms with Gasteiger partial charge in [0.2, 0.25) is 0 Å². The highest BCUT2D eigenvalue weighted by atomic mass is 19.1. The number of aliphatic hydroxyl groups is 1. The number of rotatable bonds is 2. The Morgan fingerprint density at radius 1 is 1.60 bits per heavy atom. The first-order valence-electron chi connectivity index (χ1n) is 5.01. The van der Waals surface area contributed by atoms with E-state index in [1.54, 1.807) is 6.07 Å². The van der Waals surface area contributed by atoms with Crippen molar-refractivity contribution in [3.05, 3.63) is 29.6 Å². The zero-order valence-corrected chi connectivity index (χ0v) is 8.32. The molecule has 1 aliphatic rings. The van der Waals surface area contributed by atoms with Gasteiger partial charge < -0.3 is 15.6 Å². The van der Waals surface area contributed by atoms with Crippen LogP contribution in [0.2, 0.25) is 0 Å². The smallest absolute Gasteiger partial charge is 0.126 e. The van der Waals surface area contributed by atoms with E-state index in [0.717, 1.165) is 12.0 Å². The zero-order chi connectivity index (χ0) is 10.8. The Kier molecular flexibility index (Phi) is 2.88. The summed E-state index contributed by atoms with van der Waals surface area (Å²) < 4.78 is 18.3. The summed E-state index contributed by atoms with van der Waals surface area (Å²) in [7, 11) is 0. The zero-order valence-electron chi connectivity index (χ0n) is 8.32. The normalized spacial score (nSPS) is 21.7. The number of hydrogen-bond acceptors (Lipinski definition) is 3. The Bertz CT molecular complexity index is 356. The fourth-order valence-electron chi connectivity index (χ4n) is 1.96. The maximum Gasteiger partial charge on any atom is 0.126 e. The van der Waals surface area contributed by atoms with Crippen LogP contribution in [0, 0.1) is 5.82 Å². The number of ether oxygens (including phenoxy) is 1. The third-order valence-electron chi connectivity index (χ3n) is 2.79. The summed E-state index contributed by atoms with van der Waals surface area (Å²) in [6.07, 6.45) is 0.764. The van der Waals surface area contributed by atoms with Gasteiger partial charge >= 0.3 is 0 Å². The number of benzene rings is 1. The van der Waals surface area contributed by atoms with Crippen molar-refractivity contribution < 1.29 is 14.2 Å². The monoisotopic (exact) mass is 211 g/mol. The first-order valence-corrected chi connectivity index (χ1v) is 5.01. The minimum atomic E-state index is -0.313. The van der Waals surface area contributed by atoms with Crippen LogP contribution >= 0.6 is 0 Å². The lowest BCUT2D eigenvalue weighted by Crippen LogP contribution is -2.35. The molecule has 0 fully saturated rings. The Hall–Kier alpha value is -1.13. The molecule has 0 saturated heterocycles. The first kappa shape index (κ1) is 10.4. The van der Waals surface area contributed by atoms with Crippen LogP contribution in [0.4, 0.5) is 4.39 Å². The Labute approximate surface area is 87.7 Å². The van der Waals surface area contributed by atoms with Gasteiger partial charge in [-0.2, -0.15) is 0 Å². The predicted octanol–water partition coefficient (Wildman–Crippen LogP) is 1.01. The molecular weight excluding hydrogens is 197 g/mol. The predicted molar refractivity (Wildman–Crippen MR) is 54.3 cm³/mol. The maximum absolute atomic E-state index is 12.9. The SMILES string of the molecule is NC(CO)C1CCOc2cc(F)ccc21. The lowest BCUT2D eigenvalue weighted by Gasteiger charge is -2.29. The summed E-state index contributed by atoms with van der Waals surface area (Å²) in [5, 5.41) is 9.03. The molecule has 1 aromatic carbocycles. The van der Waals surface area contributed by atoms with E-state index in [1.165, 1.54) is 12.1 Å². The maximum atomic E-state index is 12.9. The molecule has 15 heavy (non-hydrogen) atoms. The molecule has 0 radical (unpaired) electrons. The topological polar surface area (TPSA) is 55.5 Å². The second-order valence-corrected chi connectivity index (χ2v) is 3.77.